The SMILES string of the molecule is CC1(C)CN2C(=O)CCC2(C)N(C(=O)C(Cl)Cl)C1.O=C(C(Cl)Cl)N1CCOC12CCCCC2. The lowest BCUT2D eigenvalue weighted by molar-refractivity contribution is -0.163. The van der Waals surface area contributed by atoms with E-state index in [2.05, 4.69) is 0 Å². The molecule has 1 saturated carbocycles. The van der Waals surface area contributed by atoms with Crippen LogP contribution in [0.4, 0.5) is 0 Å². The maximum atomic E-state index is 12.2. The molecule has 3 amide bonds. The van der Waals surface area contributed by atoms with E-state index in [9.17, 15) is 14.4 Å². The van der Waals surface area contributed by atoms with Crippen molar-refractivity contribution in [3.8, 4) is 0 Å². The van der Waals surface area contributed by atoms with Crippen molar-refractivity contribution in [2.45, 2.75) is 86.8 Å². The summed E-state index contributed by atoms with van der Waals surface area (Å²) in [6.45, 7) is 8.46. The third-order valence-corrected chi connectivity index (χ3v) is 7.91. The summed E-state index contributed by atoms with van der Waals surface area (Å²) < 4.78 is 5.75. The van der Waals surface area contributed by atoms with E-state index >= 15 is 0 Å². The normalized spacial score (nSPS) is 28.3. The second kappa shape index (κ2) is 10.3. The molecule has 1 aliphatic carbocycles. The van der Waals surface area contributed by atoms with E-state index in [0.29, 0.717) is 39.1 Å². The standard InChI is InChI=1S/C12H18Cl2N2O2.C10H15Cl2NO2/c1-11(2)6-15-8(17)4-5-12(15,3)16(7-11)10(18)9(13)14;11-8(12)9(14)13-6-7-15-10(13)4-2-1-3-5-10/h9H,4-7H2,1-3H3;8H,1-7H2. The van der Waals surface area contributed by atoms with Crippen LogP contribution in [0.1, 0.15) is 65.7 Å². The molecule has 0 bridgehead atoms. The largest absolute Gasteiger partial charge is 0.354 e. The maximum absolute atomic E-state index is 12.2. The van der Waals surface area contributed by atoms with Crippen LogP contribution in [0.5, 0.6) is 0 Å². The number of hydrogen-bond donors (Lipinski definition) is 0. The van der Waals surface area contributed by atoms with Gasteiger partial charge in [-0.2, -0.15) is 0 Å². The number of ether oxygens (including phenoxy) is 1. The van der Waals surface area contributed by atoms with Crippen molar-refractivity contribution in [2.75, 3.05) is 26.2 Å². The molecule has 4 fully saturated rings. The van der Waals surface area contributed by atoms with Gasteiger partial charge in [0.25, 0.3) is 11.8 Å². The smallest absolute Gasteiger partial charge is 0.258 e. The number of carbonyl (C=O) groups excluding carboxylic acids is 3. The van der Waals surface area contributed by atoms with Crippen molar-refractivity contribution in [3.05, 3.63) is 0 Å². The van der Waals surface area contributed by atoms with E-state index in [4.69, 9.17) is 51.1 Å². The monoisotopic (exact) mass is 543 g/mol. The van der Waals surface area contributed by atoms with E-state index in [1.807, 2.05) is 20.8 Å². The third-order valence-electron chi connectivity index (χ3n) is 7.17. The van der Waals surface area contributed by atoms with Crippen LogP contribution in [0.2, 0.25) is 0 Å². The fraction of sp³-hybridized carbons (Fsp3) is 0.864. The summed E-state index contributed by atoms with van der Waals surface area (Å²) in [5, 5.41) is 0. The zero-order chi connectivity index (χ0) is 24.6. The molecule has 0 aromatic heterocycles. The Morgan fingerprint density at radius 2 is 1.45 bits per heavy atom. The molecule has 1 unspecified atom stereocenters. The van der Waals surface area contributed by atoms with Gasteiger partial charge in [0.15, 0.2) is 9.67 Å². The lowest BCUT2D eigenvalue weighted by Crippen LogP contribution is -2.67. The van der Waals surface area contributed by atoms with Gasteiger partial charge in [-0.1, -0.05) is 66.7 Å². The van der Waals surface area contributed by atoms with E-state index < -0.39 is 21.1 Å². The van der Waals surface area contributed by atoms with Crippen molar-refractivity contribution in [1.82, 2.24) is 14.7 Å². The van der Waals surface area contributed by atoms with E-state index in [1.165, 1.54) is 6.42 Å². The molecule has 0 aromatic carbocycles. The molecule has 33 heavy (non-hydrogen) atoms. The average molecular weight is 545 g/mol. The topological polar surface area (TPSA) is 70.2 Å². The number of nitrogens with zero attached hydrogens (tertiary/aromatic N) is 3. The van der Waals surface area contributed by atoms with Crippen molar-refractivity contribution >= 4 is 64.1 Å². The van der Waals surface area contributed by atoms with Crippen LogP contribution >= 0.6 is 46.4 Å². The predicted octanol–water partition coefficient (Wildman–Crippen LogP) is 4.31. The molecule has 7 nitrogen and oxygen atoms in total. The Bertz CT molecular complexity index is 773. The van der Waals surface area contributed by atoms with Gasteiger partial charge in [0.2, 0.25) is 5.91 Å². The Balaban J connectivity index is 0.000000189. The Labute approximate surface area is 215 Å². The molecule has 3 aliphatic heterocycles. The lowest BCUT2D eigenvalue weighted by atomic mass is 9.86. The minimum absolute atomic E-state index is 0.101. The summed E-state index contributed by atoms with van der Waals surface area (Å²) in [4.78, 5) is 39.1. The van der Waals surface area contributed by atoms with Gasteiger partial charge in [-0.05, 0) is 39.0 Å². The van der Waals surface area contributed by atoms with Gasteiger partial charge in [0.05, 0.1) is 6.61 Å². The van der Waals surface area contributed by atoms with Crippen molar-refractivity contribution in [3.63, 3.8) is 0 Å². The van der Waals surface area contributed by atoms with Gasteiger partial charge in [-0.3, -0.25) is 14.4 Å². The van der Waals surface area contributed by atoms with Crippen LogP contribution < -0.4 is 0 Å². The highest BCUT2D eigenvalue weighted by Gasteiger charge is 2.54. The van der Waals surface area contributed by atoms with Crippen LogP contribution in [-0.2, 0) is 19.1 Å². The molecule has 0 N–H and O–H groups in total. The highest BCUT2D eigenvalue weighted by molar-refractivity contribution is 6.54. The maximum Gasteiger partial charge on any atom is 0.258 e. The zero-order valence-electron chi connectivity index (χ0n) is 19.4. The number of amides is 3. The van der Waals surface area contributed by atoms with Crippen LogP contribution in [0.3, 0.4) is 0 Å². The fourth-order valence-corrected chi connectivity index (χ4v) is 5.96. The van der Waals surface area contributed by atoms with Crippen molar-refractivity contribution < 1.29 is 19.1 Å². The number of fused-ring (bicyclic) bond motifs is 1. The molecule has 4 aliphatic rings. The van der Waals surface area contributed by atoms with Gasteiger partial charge < -0.3 is 19.4 Å². The van der Waals surface area contributed by atoms with Crippen LogP contribution in [0.25, 0.3) is 0 Å². The molecule has 1 atom stereocenters. The van der Waals surface area contributed by atoms with Gasteiger partial charge >= 0.3 is 0 Å². The van der Waals surface area contributed by atoms with Crippen LogP contribution in [0.15, 0.2) is 0 Å². The van der Waals surface area contributed by atoms with Gasteiger partial charge in [-0.15, -0.1) is 0 Å². The highest BCUT2D eigenvalue weighted by atomic mass is 35.5. The molecule has 4 rings (SSSR count). The molecular weight excluding hydrogens is 512 g/mol. The summed E-state index contributed by atoms with van der Waals surface area (Å²) in [6, 6.07) is 0. The summed E-state index contributed by atoms with van der Waals surface area (Å²) in [7, 11) is 0. The first kappa shape index (κ1) is 27.1. The molecule has 0 aromatic rings. The van der Waals surface area contributed by atoms with Gasteiger partial charge in [0.1, 0.15) is 11.4 Å². The molecular formula is C22H33Cl4N3O4. The molecule has 3 saturated heterocycles. The van der Waals surface area contributed by atoms with Crippen LogP contribution in [0, 0.1) is 5.41 Å². The number of alkyl halides is 4. The fourth-order valence-electron chi connectivity index (χ4n) is 5.49. The van der Waals surface area contributed by atoms with Crippen molar-refractivity contribution in [2.24, 2.45) is 5.41 Å². The molecule has 3 heterocycles. The number of halogens is 4. The molecule has 1 spiro atoms. The van der Waals surface area contributed by atoms with Gasteiger partial charge in [0, 0.05) is 31.5 Å². The zero-order valence-corrected chi connectivity index (χ0v) is 22.4. The Morgan fingerprint density at radius 1 is 0.879 bits per heavy atom. The summed E-state index contributed by atoms with van der Waals surface area (Å²) in [6.07, 6.45) is 6.40. The summed E-state index contributed by atoms with van der Waals surface area (Å²) in [5.74, 6) is -0.421. The van der Waals surface area contributed by atoms with Crippen LogP contribution in [-0.4, -0.2) is 79.7 Å². The first-order chi connectivity index (χ1) is 15.3. The van der Waals surface area contributed by atoms with E-state index in [-0.39, 0.29) is 23.1 Å². The van der Waals surface area contributed by atoms with Crippen molar-refractivity contribution in [1.29, 1.82) is 0 Å². The molecule has 11 heteroatoms. The Kier molecular flexibility index (Phi) is 8.43. The molecule has 0 radical (unpaired) electrons. The second-order valence-electron chi connectivity index (χ2n) is 10.2. The number of carbonyl (C=O) groups is 3. The van der Waals surface area contributed by atoms with E-state index in [0.717, 1.165) is 25.7 Å². The number of rotatable bonds is 2. The molecule has 188 valence electrons. The lowest BCUT2D eigenvalue weighted by Gasteiger charge is -2.54. The predicted molar refractivity (Wildman–Crippen MR) is 129 cm³/mol. The highest BCUT2D eigenvalue weighted by Crippen LogP contribution is 2.42. The first-order valence-corrected chi connectivity index (χ1v) is 13.2. The third kappa shape index (κ3) is 5.53. The average Bonchev–Trinajstić information content (AvgIpc) is 3.28. The Morgan fingerprint density at radius 3 is 2.03 bits per heavy atom. The summed E-state index contributed by atoms with van der Waals surface area (Å²) in [5.41, 5.74) is -1.10. The first-order valence-electron chi connectivity index (χ1n) is 11.5. The second-order valence-corrected chi connectivity index (χ2v) is 12.4. The van der Waals surface area contributed by atoms with E-state index in [1.54, 1.807) is 14.7 Å². The van der Waals surface area contributed by atoms with Gasteiger partial charge in [-0.25, -0.2) is 0 Å². The minimum atomic E-state index is -1.08. The Hall–Kier alpha value is -0.470. The quantitative estimate of drug-likeness (QED) is 0.486. The summed E-state index contributed by atoms with van der Waals surface area (Å²) >= 11 is 22.7. The number of hydrogen-bond acceptors (Lipinski definition) is 4. The minimum Gasteiger partial charge on any atom is -0.354 e.